The molecule has 0 saturated carbocycles. The maximum absolute atomic E-state index is 12.6. The molecule has 2 aromatic rings. The molecule has 96 valence electrons. The standard InChI is InChI=1S/C10H9F3N4O/c1-6-5-7(3-4-8(6)18-2)17-9(10(11,12)13)14-15-16-17/h3-5H,1-2H3. The Morgan fingerprint density at radius 2 is 2.00 bits per heavy atom. The predicted molar refractivity (Wildman–Crippen MR) is 55.4 cm³/mol. The molecule has 0 N–H and O–H groups in total. The summed E-state index contributed by atoms with van der Waals surface area (Å²) in [7, 11) is 1.49. The van der Waals surface area contributed by atoms with E-state index in [4.69, 9.17) is 4.74 Å². The fraction of sp³-hybridized carbons (Fsp3) is 0.300. The smallest absolute Gasteiger partial charge is 0.453 e. The SMILES string of the molecule is COc1ccc(-n2nnnc2C(F)(F)F)cc1C. The molecule has 1 heterocycles. The maximum atomic E-state index is 12.6. The van der Waals surface area contributed by atoms with E-state index in [9.17, 15) is 13.2 Å². The molecule has 0 spiro atoms. The molecule has 0 unspecified atom stereocenters. The van der Waals surface area contributed by atoms with Crippen molar-refractivity contribution in [2.24, 2.45) is 0 Å². The van der Waals surface area contributed by atoms with Gasteiger partial charge < -0.3 is 4.74 Å². The van der Waals surface area contributed by atoms with Gasteiger partial charge in [-0.25, -0.2) is 0 Å². The number of hydrogen-bond acceptors (Lipinski definition) is 4. The number of rotatable bonds is 2. The summed E-state index contributed by atoms with van der Waals surface area (Å²) in [5, 5.41) is 9.37. The van der Waals surface area contributed by atoms with Crippen molar-refractivity contribution in [1.82, 2.24) is 20.2 Å². The summed E-state index contributed by atoms with van der Waals surface area (Å²) in [5.41, 5.74) is 0.921. The van der Waals surface area contributed by atoms with Crippen LogP contribution in [-0.2, 0) is 6.18 Å². The van der Waals surface area contributed by atoms with E-state index in [1.165, 1.54) is 19.2 Å². The van der Waals surface area contributed by atoms with Gasteiger partial charge in [0.2, 0.25) is 0 Å². The first-order valence-electron chi connectivity index (χ1n) is 4.94. The van der Waals surface area contributed by atoms with Crippen LogP contribution in [0.2, 0.25) is 0 Å². The van der Waals surface area contributed by atoms with Crippen LogP contribution in [0.25, 0.3) is 5.69 Å². The molecule has 0 saturated heterocycles. The van der Waals surface area contributed by atoms with Crippen molar-refractivity contribution in [3.63, 3.8) is 0 Å². The van der Waals surface area contributed by atoms with Gasteiger partial charge in [-0.2, -0.15) is 17.9 Å². The van der Waals surface area contributed by atoms with Gasteiger partial charge in [0.1, 0.15) is 5.75 Å². The number of methoxy groups -OCH3 is 1. The molecular weight excluding hydrogens is 249 g/mol. The topological polar surface area (TPSA) is 52.8 Å². The van der Waals surface area contributed by atoms with E-state index in [-0.39, 0.29) is 5.69 Å². The predicted octanol–water partition coefficient (Wildman–Crippen LogP) is 2.00. The Morgan fingerprint density at radius 1 is 1.28 bits per heavy atom. The van der Waals surface area contributed by atoms with E-state index >= 15 is 0 Å². The molecule has 8 heteroatoms. The van der Waals surface area contributed by atoms with E-state index in [0.29, 0.717) is 16.0 Å². The van der Waals surface area contributed by atoms with Crippen LogP contribution < -0.4 is 4.74 Å². The molecule has 0 aliphatic heterocycles. The molecule has 0 amide bonds. The van der Waals surface area contributed by atoms with Crippen LogP contribution in [0.4, 0.5) is 13.2 Å². The Hall–Kier alpha value is -2.12. The molecule has 1 aromatic heterocycles. The molecule has 5 nitrogen and oxygen atoms in total. The molecular formula is C10H9F3N4O. The first-order valence-corrected chi connectivity index (χ1v) is 4.94. The molecule has 2 rings (SSSR count). The summed E-state index contributed by atoms with van der Waals surface area (Å²) in [6, 6.07) is 4.54. The Labute approximate surface area is 100 Å². The Bertz CT molecular complexity index is 564. The number of halogens is 3. The van der Waals surface area contributed by atoms with Crippen LogP contribution in [0.3, 0.4) is 0 Å². The monoisotopic (exact) mass is 258 g/mol. The molecule has 0 radical (unpaired) electrons. The minimum absolute atomic E-state index is 0.227. The number of alkyl halides is 3. The summed E-state index contributed by atoms with van der Waals surface area (Å²) in [4.78, 5) is 0. The van der Waals surface area contributed by atoms with Crippen molar-refractivity contribution in [3.8, 4) is 11.4 Å². The Morgan fingerprint density at radius 3 is 2.56 bits per heavy atom. The number of hydrogen-bond donors (Lipinski definition) is 0. The zero-order chi connectivity index (χ0) is 13.3. The highest BCUT2D eigenvalue weighted by molar-refractivity contribution is 5.43. The molecule has 1 aromatic carbocycles. The zero-order valence-electron chi connectivity index (χ0n) is 9.56. The lowest BCUT2D eigenvalue weighted by atomic mass is 10.2. The van der Waals surface area contributed by atoms with Crippen LogP contribution in [0, 0.1) is 6.92 Å². The summed E-state index contributed by atoms with van der Waals surface area (Å²) in [6.07, 6.45) is -4.60. The van der Waals surface area contributed by atoms with E-state index < -0.39 is 12.0 Å². The third-order valence-electron chi connectivity index (χ3n) is 2.35. The second-order valence-corrected chi connectivity index (χ2v) is 3.57. The first kappa shape index (κ1) is 12.3. The van der Waals surface area contributed by atoms with Crippen molar-refractivity contribution in [3.05, 3.63) is 29.6 Å². The minimum Gasteiger partial charge on any atom is -0.496 e. The van der Waals surface area contributed by atoms with Gasteiger partial charge in [0.25, 0.3) is 5.82 Å². The number of nitrogens with zero attached hydrogens (tertiary/aromatic N) is 4. The van der Waals surface area contributed by atoms with E-state index in [2.05, 4.69) is 15.5 Å². The van der Waals surface area contributed by atoms with Crippen molar-refractivity contribution in [1.29, 1.82) is 0 Å². The van der Waals surface area contributed by atoms with Gasteiger partial charge in [-0.1, -0.05) is 0 Å². The average Bonchev–Trinajstić information content (AvgIpc) is 2.77. The average molecular weight is 258 g/mol. The lowest BCUT2D eigenvalue weighted by Crippen LogP contribution is -2.14. The summed E-state index contributed by atoms with van der Waals surface area (Å²) >= 11 is 0. The molecule has 0 atom stereocenters. The van der Waals surface area contributed by atoms with Gasteiger partial charge in [-0.05, 0) is 41.1 Å². The normalized spacial score (nSPS) is 11.6. The Balaban J connectivity index is 2.50. The van der Waals surface area contributed by atoms with Crippen molar-refractivity contribution in [2.75, 3.05) is 7.11 Å². The van der Waals surface area contributed by atoms with Crippen molar-refractivity contribution >= 4 is 0 Å². The van der Waals surface area contributed by atoms with Crippen LogP contribution in [0.5, 0.6) is 5.75 Å². The third kappa shape index (κ3) is 2.13. The lowest BCUT2D eigenvalue weighted by Gasteiger charge is -2.09. The highest BCUT2D eigenvalue weighted by Gasteiger charge is 2.38. The molecule has 18 heavy (non-hydrogen) atoms. The van der Waals surface area contributed by atoms with Gasteiger partial charge in [0, 0.05) is 0 Å². The number of aryl methyl sites for hydroxylation is 1. The van der Waals surface area contributed by atoms with E-state index in [0.717, 1.165) is 0 Å². The first-order chi connectivity index (χ1) is 8.43. The summed E-state index contributed by atoms with van der Waals surface area (Å²) < 4.78 is 43.6. The second-order valence-electron chi connectivity index (χ2n) is 3.57. The van der Waals surface area contributed by atoms with Crippen molar-refractivity contribution < 1.29 is 17.9 Å². The van der Waals surface area contributed by atoms with E-state index in [1.54, 1.807) is 13.0 Å². The molecule has 0 aliphatic rings. The lowest BCUT2D eigenvalue weighted by molar-refractivity contribution is -0.146. The van der Waals surface area contributed by atoms with Crippen LogP contribution in [-0.4, -0.2) is 27.3 Å². The van der Waals surface area contributed by atoms with Gasteiger partial charge >= 0.3 is 6.18 Å². The van der Waals surface area contributed by atoms with Crippen LogP contribution in [0.15, 0.2) is 18.2 Å². The van der Waals surface area contributed by atoms with Gasteiger partial charge in [0.05, 0.1) is 12.8 Å². The number of ether oxygens (including phenoxy) is 1. The number of tetrazole rings is 1. The van der Waals surface area contributed by atoms with Crippen LogP contribution >= 0.6 is 0 Å². The van der Waals surface area contributed by atoms with E-state index in [1.807, 2.05) is 0 Å². The Kier molecular flexibility index (Phi) is 2.93. The van der Waals surface area contributed by atoms with Crippen LogP contribution in [0.1, 0.15) is 11.4 Å². The zero-order valence-corrected chi connectivity index (χ0v) is 9.56. The van der Waals surface area contributed by atoms with Crippen molar-refractivity contribution in [2.45, 2.75) is 13.1 Å². The fourth-order valence-corrected chi connectivity index (χ4v) is 1.53. The maximum Gasteiger partial charge on any atom is 0.453 e. The number of benzene rings is 1. The van der Waals surface area contributed by atoms with Gasteiger partial charge in [0.15, 0.2) is 0 Å². The van der Waals surface area contributed by atoms with Gasteiger partial charge in [-0.3, -0.25) is 0 Å². The number of aromatic nitrogens is 4. The highest BCUT2D eigenvalue weighted by atomic mass is 19.4. The summed E-state index contributed by atoms with van der Waals surface area (Å²) in [6.45, 7) is 1.72. The van der Waals surface area contributed by atoms with Gasteiger partial charge in [-0.15, -0.1) is 5.10 Å². The largest absolute Gasteiger partial charge is 0.496 e. The molecule has 0 fully saturated rings. The third-order valence-corrected chi connectivity index (χ3v) is 2.35. The summed E-state index contributed by atoms with van der Waals surface area (Å²) in [5.74, 6) is -0.576. The second kappa shape index (κ2) is 4.28. The molecule has 0 aliphatic carbocycles. The minimum atomic E-state index is -4.60. The fourth-order valence-electron chi connectivity index (χ4n) is 1.53. The molecule has 0 bridgehead atoms. The highest BCUT2D eigenvalue weighted by Crippen LogP contribution is 2.29. The quantitative estimate of drug-likeness (QED) is 0.826.